The van der Waals surface area contributed by atoms with Gasteiger partial charge in [0.05, 0.1) is 0 Å². The highest BCUT2D eigenvalue weighted by molar-refractivity contribution is 9.10. The molecule has 4 heteroatoms. The Labute approximate surface area is 161 Å². The van der Waals surface area contributed by atoms with E-state index in [4.69, 9.17) is 5.41 Å². The van der Waals surface area contributed by atoms with Crippen LogP contribution in [0.2, 0.25) is 0 Å². The van der Waals surface area contributed by atoms with Crippen molar-refractivity contribution >= 4 is 56.2 Å². The fourth-order valence-electron chi connectivity index (χ4n) is 4.04. The van der Waals surface area contributed by atoms with Gasteiger partial charge in [-0.2, -0.15) is 0 Å². The van der Waals surface area contributed by atoms with E-state index in [9.17, 15) is 0 Å². The third-order valence-electron chi connectivity index (χ3n) is 5.26. The third kappa shape index (κ3) is 2.36. The summed E-state index contributed by atoms with van der Waals surface area (Å²) in [6.45, 7) is 0.859. The second-order valence-electron chi connectivity index (χ2n) is 6.77. The summed E-state index contributed by atoms with van der Waals surface area (Å²) in [5, 5.41) is 14.5. The van der Waals surface area contributed by atoms with E-state index in [-0.39, 0.29) is 0 Å². The maximum atomic E-state index is 8.70. The van der Waals surface area contributed by atoms with Crippen molar-refractivity contribution in [2.24, 2.45) is 0 Å². The number of fused-ring (bicyclic) bond motifs is 1. The molecule has 1 aliphatic heterocycles. The Bertz CT molecular complexity index is 1070. The molecule has 0 saturated heterocycles. The van der Waals surface area contributed by atoms with Crippen LogP contribution in [0, 0.1) is 5.41 Å². The molecule has 0 atom stereocenters. The molecular formula is C22H18BrN3. The highest BCUT2D eigenvalue weighted by Crippen LogP contribution is 2.36. The lowest BCUT2D eigenvalue weighted by Crippen LogP contribution is -2.39. The molecule has 1 heterocycles. The third-order valence-corrected chi connectivity index (χ3v) is 6.01. The van der Waals surface area contributed by atoms with Gasteiger partial charge in [0, 0.05) is 27.8 Å². The first-order chi connectivity index (χ1) is 12.7. The smallest absolute Gasteiger partial charge is 0.200 e. The zero-order chi connectivity index (χ0) is 17.7. The van der Waals surface area contributed by atoms with Crippen LogP contribution in [0.15, 0.2) is 53.0 Å². The predicted octanol–water partition coefficient (Wildman–Crippen LogP) is 5.89. The van der Waals surface area contributed by atoms with Gasteiger partial charge in [0.1, 0.15) is 0 Å². The van der Waals surface area contributed by atoms with E-state index >= 15 is 0 Å². The Morgan fingerprint density at radius 3 is 2.69 bits per heavy atom. The number of rotatable bonds is 1. The molecule has 0 saturated carbocycles. The van der Waals surface area contributed by atoms with E-state index in [0.29, 0.717) is 5.96 Å². The van der Waals surface area contributed by atoms with Crippen molar-refractivity contribution in [3.63, 3.8) is 0 Å². The number of nitrogens with zero attached hydrogens (tertiary/aromatic N) is 1. The Balaban J connectivity index is 1.52. The van der Waals surface area contributed by atoms with Gasteiger partial charge in [-0.25, -0.2) is 0 Å². The number of hydrogen-bond acceptors (Lipinski definition) is 1. The van der Waals surface area contributed by atoms with Crippen LogP contribution in [0.25, 0.3) is 22.9 Å². The van der Waals surface area contributed by atoms with E-state index in [1.165, 1.54) is 27.5 Å². The molecule has 2 aliphatic rings. The van der Waals surface area contributed by atoms with Crippen molar-refractivity contribution in [3.05, 3.63) is 69.7 Å². The Kier molecular flexibility index (Phi) is 3.61. The summed E-state index contributed by atoms with van der Waals surface area (Å²) in [6.07, 6.45) is 6.41. The van der Waals surface area contributed by atoms with E-state index in [0.717, 1.165) is 35.2 Å². The molecule has 0 radical (unpaired) electrons. The maximum Gasteiger partial charge on any atom is 0.200 e. The lowest BCUT2D eigenvalue weighted by molar-refractivity contribution is 0.772. The molecule has 0 spiro atoms. The van der Waals surface area contributed by atoms with Gasteiger partial charge in [0.2, 0.25) is 0 Å². The zero-order valence-corrected chi connectivity index (χ0v) is 15.8. The Morgan fingerprint density at radius 1 is 1.00 bits per heavy atom. The van der Waals surface area contributed by atoms with E-state index in [1.807, 2.05) is 6.07 Å². The molecule has 0 bridgehead atoms. The number of hydrogen-bond donors (Lipinski definition) is 2. The molecule has 5 rings (SSSR count). The summed E-state index contributed by atoms with van der Waals surface area (Å²) in [4.78, 5) is 2.07. The standard InChI is InChI=1S/C22H18BrN3/c23-18-7-2-8-20-16(18)6-3-13-26(20)22(24)25-19-12-11-15-10-9-14-4-1-5-17(19)21(14)15/h1-2,4-5,7-12H,3,6,13H2,(H2,24,25). The largest absolute Gasteiger partial charge is 0.326 e. The molecule has 0 unspecified atom stereocenters. The number of guanidine groups is 1. The van der Waals surface area contributed by atoms with Gasteiger partial charge in [0.15, 0.2) is 5.96 Å². The minimum atomic E-state index is 0.427. The maximum absolute atomic E-state index is 8.70. The van der Waals surface area contributed by atoms with E-state index < -0.39 is 0 Å². The van der Waals surface area contributed by atoms with Crippen molar-refractivity contribution in [1.82, 2.24) is 0 Å². The number of nitrogens with one attached hydrogen (secondary N) is 2. The van der Waals surface area contributed by atoms with Crippen molar-refractivity contribution in [2.45, 2.75) is 12.8 Å². The molecule has 3 aromatic carbocycles. The van der Waals surface area contributed by atoms with Crippen LogP contribution in [0.1, 0.15) is 23.1 Å². The van der Waals surface area contributed by atoms with Gasteiger partial charge < -0.3 is 10.2 Å². The minimum Gasteiger partial charge on any atom is -0.326 e. The van der Waals surface area contributed by atoms with Crippen LogP contribution >= 0.6 is 15.9 Å². The lowest BCUT2D eigenvalue weighted by Gasteiger charge is -2.32. The van der Waals surface area contributed by atoms with Crippen LogP contribution in [-0.2, 0) is 6.42 Å². The quantitative estimate of drug-likeness (QED) is 0.307. The van der Waals surface area contributed by atoms with Gasteiger partial charge in [-0.05, 0) is 53.1 Å². The highest BCUT2D eigenvalue weighted by atomic mass is 79.9. The predicted molar refractivity (Wildman–Crippen MR) is 114 cm³/mol. The fourth-order valence-corrected chi connectivity index (χ4v) is 4.59. The summed E-state index contributed by atoms with van der Waals surface area (Å²) in [6, 6.07) is 16.8. The summed E-state index contributed by atoms with van der Waals surface area (Å²) in [5.74, 6) is 0.427. The van der Waals surface area contributed by atoms with Gasteiger partial charge in [-0.1, -0.05) is 58.4 Å². The van der Waals surface area contributed by atoms with Crippen molar-refractivity contribution in [2.75, 3.05) is 16.8 Å². The molecule has 26 heavy (non-hydrogen) atoms. The highest BCUT2D eigenvalue weighted by Gasteiger charge is 2.22. The van der Waals surface area contributed by atoms with Crippen LogP contribution < -0.4 is 10.2 Å². The molecule has 3 aromatic rings. The molecule has 3 nitrogen and oxygen atoms in total. The second-order valence-corrected chi connectivity index (χ2v) is 7.63. The van der Waals surface area contributed by atoms with Crippen LogP contribution in [-0.4, -0.2) is 12.5 Å². The SMILES string of the molecule is N=C(Nc1ccc2c3c(cccc13)C=C2)N1CCCc2c(Br)cccc21. The first kappa shape index (κ1) is 15.6. The molecule has 2 N–H and O–H groups in total. The van der Waals surface area contributed by atoms with Gasteiger partial charge in [-0.15, -0.1) is 0 Å². The first-order valence-corrected chi connectivity index (χ1v) is 9.66. The summed E-state index contributed by atoms with van der Waals surface area (Å²) >= 11 is 3.66. The van der Waals surface area contributed by atoms with Crippen LogP contribution in [0.4, 0.5) is 11.4 Å². The summed E-state index contributed by atoms with van der Waals surface area (Å²) in [7, 11) is 0. The van der Waals surface area contributed by atoms with Gasteiger partial charge in [-0.3, -0.25) is 5.41 Å². The molecule has 0 aromatic heterocycles. The van der Waals surface area contributed by atoms with E-state index in [2.05, 4.69) is 80.8 Å². The topological polar surface area (TPSA) is 39.1 Å². The van der Waals surface area contributed by atoms with Crippen LogP contribution in [0.3, 0.4) is 0 Å². The monoisotopic (exact) mass is 403 g/mol. The van der Waals surface area contributed by atoms with Gasteiger partial charge in [0.25, 0.3) is 0 Å². The fraction of sp³-hybridized carbons (Fsp3) is 0.136. The molecule has 0 fully saturated rings. The number of halogens is 1. The van der Waals surface area contributed by atoms with Crippen molar-refractivity contribution in [1.29, 1.82) is 5.41 Å². The molecule has 0 amide bonds. The molecular weight excluding hydrogens is 386 g/mol. The Morgan fingerprint density at radius 2 is 1.81 bits per heavy atom. The average molecular weight is 404 g/mol. The molecule has 1 aliphatic carbocycles. The van der Waals surface area contributed by atoms with Crippen molar-refractivity contribution < 1.29 is 0 Å². The Hall–Kier alpha value is -2.59. The number of benzene rings is 3. The number of anilines is 2. The second kappa shape index (κ2) is 5.99. The zero-order valence-electron chi connectivity index (χ0n) is 14.2. The van der Waals surface area contributed by atoms with Crippen LogP contribution in [0.5, 0.6) is 0 Å². The average Bonchev–Trinajstić information content (AvgIpc) is 3.09. The lowest BCUT2D eigenvalue weighted by atomic mass is 10.0. The summed E-state index contributed by atoms with van der Waals surface area (Å²) < 4.78 is 1.13. The minimum absolute atomic E-state index is 0.427. The first-order valence-electron chi connectivity index (χ1n) is 8.87. The van der Waals surface area contributed by atoms with Gasteiger partial charge >= 0.3 is 0 Å². The van der Waals surface area contributed by atoms with E-state index in [1.54, 1.807) is 0 Å². The molecule has 128 valence electrons. The van der Waals surface area contributed by atoms with Crippen molar-refractivity contribution in [3.8, 4) is 0 Å². The normalized spacial score (nSPS) is 14.6. The summed E-state index contributed by atoms with van der Waals surface area (Å²) in [5.41, 5.74) is 5.90.